The van der Waals surface area contributed by atoms with Gasteiger partial charge in [-0.25, -0.2) is 24.0 Å². The summed E-state index contributed by atoms with van der Waals surface area (Å²) in [5.41, 5.74) is -13.1. The number of fused-ring (bicyclic) bond motifs is 5. The van der Waals surface area contributed by atoms with Crippen LogP contribution in [0.5, 0.6) is 28.7 Å². The molecule has 0 aliphatic heterocycles. The Morgan fingerprint density at radius 3 is 1.02 bits per heavy atom. The van der Waals surface area contributed by atoms with Crippen molar-refractivity contribution in [1.82, 2.24) is 0 Å². The molecule has 45 heteroatoms. The van der Waals surface area contributed by atoms with Crippen LogP contribution in [0.15, 0.2) is 219 Å². The first-order chi connectivity index (χ1) is 65.6. The van der Waals surface area contributed by atoms with Gasteiger partial charge in [-0.05, 0) is 277 Å². The lowest BCUT2D eigenvalue weighted by atomic mass is 9.96. The van der Waals surface area contributed by atoms with Crippen LogP contribution in [0.2, 0.25) is 0 Å². The van der Waals surface area contributed by atoms with Crippen LogP contribution < -0.4 is 12.5 Å². The molecule has 141 heavy (non-hydrogen) atoms. The summed E-state index contributed by atoms with van der Waals surface area (Å²) in [6, 6.07) is 49.8. The highest BCUT2D eigenvalue weighted by atomic mass is 79.9. The van der Waals surface area contributed by atoms with Gasteiger partial charge in [-0.2, -0.15) is 64.8 Å². The number of alkyl halides is 9. The molecule has 0 spiro atoms. The van der Waals surface area contributed by atoms with Gasteiger partial charge in [-0.1, -0.05) is 172 Å². The number of ketones is 2. The third-order valence-electron chi connectivity index (χ3n) is 19.0. The topological polar surface area (TPSA) is 397 Å². The van der Waals surface area contributed by atoms with Gasteiger partial charge in [0, 0.05) is 87.4 Å². The number of phenolic OH excluding ortho intramolecular Hbond substituents is 2. The van der Waals surface area contributed by atoms with E-state index in [4.69, 9.17) is 9.47 Å². The molecule has 758 valence electrons. The number of allylic oxidation sites excluding steroid dienone is 1. The van der Waals surface area contributed by atoms with Crippen LogP contribution in [0.25, 0.3) is 53.9 Å². The largest absolute Gasteiger partial charge is 0.534 e. The second kappa shape index (κ2) is 52.4. The van der Waals surface area contributed by atoms with E-state index in [1.807, 2.05) is 92.7 Å². The van der Waals surface area contributed by atoms with Crippen LogP contribution in [-0.4, -0.2) is 142 Å². The minimum Gasteiger partial charge on any atom is -0.507 e. The molecule has 0 fully saturated rings. The van der Waals surface area contributed by atoms with E-state index in [0.29, 0.717) is 59.3 Å². The first kappa shape index (κ1) is 120. The lowest BCUT2D eigenvalue weighted by Gasteiger charge is -2.20. The van der Waals surface area contributed by atoms with Crippen molar-refractivity contribution in [3.63, 3.8) is 0 Å². The summed E-state index contributed by atoms with van der Waals surface area (Å²) in [5, 5.41) is 54.7. The van der Waals surface area contributed by atoms with Crippen LogP contribution >= 0.6 is 112 Å². The van der Waals surface area contributed by atoms with Gasteiger partial charge in [0.1, 0.15) is 17.3 Å². The number of ether oxygens (including phenoxy) is 5. The number of aliphatic hydroxyl groups excluding tert-OH is 3. The van der Waals surface area contributed by atoms with Crippen molar-refractivity contribution in [3.05, 3.63) is 280 Å². The molecular formula is C96H88Br7F9O26S3. The van der Waals surface area contributed by atoms with E-state index < -0.39 is 129 Å². The summed E-state index contributed by atoms with van der Waals surface area (Å²) < 4.78 is 227. The maximum absolute atomic E-state index is 12.8. The van der Waals surface area contributed by atoms with E-state index >= 15 is 0 Å². The van der Waals surface area contributed by atoms with Crippen molar-refractivity contribution < 1.29 is 160 Å². The number of hydrogen-bond acceptors (Lipinski definition) is 26. The van der Waals surface area contributed by atoms with E-state index in [1.165, 1.54) is 120 Å². The standard InChI is InChI=1S/2C16H14BrF3O6S.C16H12BrF3O6S.C15H15BrO4.C13H15BrO2.C11H9BrO.C9H9BrO/c3*1-3-25-15(22)13(21)12-8(2)6-9-7-10(17)4-5-11(9)14(12)26-27(23,24)16(18,19)20;1-3-20-15(19)14(18)12-8(2)6-9-7-10(16)4-5-11(9)13(12)17;1-3-16-13(15)8-10(2)7-11-5-4-6-12(14)9-11;1-7-4-8-6-9(12)2-3-10(8)11(13)5-7;1-7(11)5-8-3-2-4-9(10)6-8/h2*4-7,13,21H,3H2,1-2H3;4-7H,3H2,1-2H3;4-7,14,17-18H,3H2,1-2H3;4-6,8-9H,3,7H2,1-2H3;2-6,13H,1H3;2-4,6H,5H2,1H3/t13-;;;;;;/m0....../s1. The van der Waals surface area contributed by atoms with Gasteiger partial charge in [-0.15, -0.1) is 0 Å². The summed E-state index contributed by atoms with van der Waals surface area (Å²) in [4.78, 5) is 81.5. The maximum atomic E-state index is 12.8. The molecule has 0 saturated carbocycles. The van der Waals surface area contributed by atoms with Crippen molar-refractivity contribution in [1.29, 1.82) is 0 Å². The quantitative estimate of drug-likeness (QED) is 0.00548. The Morgan fingerprint density at radius 2 is 0.667 bits per heavy atom. The second-order valence-electron chi connectivity index (χ2n) is 29.9. The van der Waals surface area contributed by atoms with Crippen molar-refractivity contribution in [2.24, 2.45) is 0 Å². The van der Waals surface area contributed by atoms with E-state index in [1.54, 1.807) is 52.0 Å². The molecule has 0 aliphatic rings. The average molecular weight is 2480 g/mol. The summed E-state index contributed by atoms with van der Waals surface area (Å²) in [6.07, 6.45) is -2.71. The van der Waals surface area contributed by atoms with E-state index in [9.17, 15) is 124 Å². The molecule has 12 aromatic carbocycles. The molecule has 5 N–H and O–H groups in total. The Bertz CT molecular complexity index is 6900. The normalized spacial score (nSPS) is 12.2. The van der Waals surface area contributed by atoms with E-state index in [2.05, 4.69) is 144 Å². The fourth-order valence-electron chi connectivity index (χ4n) is 13.1. The number of benzene rings is 12. The number of hydrogen-bond donors (Lipinski definition) is 5. The molecule has 0 aromatic heterocycles. The molecule has 12 rings (SSSR count). The number of carbonyl (C=O) groups excluding carboxylic acids is 7. The van der Waals surface area contributed by atoms with Crippen LogP contribution in [-0.2, 0) is 95.6 Å². The fraction of sp³-hybridized carbons (Fsp3) is 0.260. The number of aliphatic hydroxyl groups is 3. The summed E-state index contributed by atoms with van der Waals surface area (Å²) in [7, 11) is -18.2. The highest BCUT2D eigenvalue weighted by Gasteiger charge is 2.52. The summed E-state index contributed by atoms with van der Waals surface area (Å²) >= 11 is 23.1. The number of aromatic hydroxyl groups is 2. The van der Waals surface area contributed by atoms with E-state index in [0.717, 1.165) is 57.2 Å². The minimum atomic E-state index is -6.08. The van der Waals surface area contributed by atoms with Crippen LogP contribution in [0.3, 0.4) is 0 Å². The minimum absolute atomic E-state index is 0.0324. The first-order valence-corrected chi connectivity index (χ1v) is 50.9. The maximum Gasteiger partial charge on any atom is 0.534 e. The SMILES string of the molecule is CC(=O)Cc1cccc(Br)c1.CCOC(=O)C(=O)c1c(C)cc2cc(Br)ccc2c1OS(=O)(=O)C(F)(F)F.CCOC(=O)C(O)c1c(C)cc2cc(Br)ccc2c1O.CCOC(=O)C(O)c1c(C)cc2cc(Br)ccc2c1OS(=O)(=O)C(F)(F)F.CCOC(=O)C=C(C)Cc1cccc(Br)c1.CCOC(=O)[C@@H](O)c1c(C)cc2cc(Br)ccc2c1OS(=O)(=O)C(F)(F)F.Cc1cc(O)c2ccc(Br)cc2c1. The molecule has 0 bridgehead atoms. The Kier molecular flexibility index (Phi) is 44.4. The van der Waals surface area contributed by atoms with Crippen LogP contribution in [0, 0.1) is 34.6 Å². The fourth-order valence-corrected chi connectivity index (χ4v) is 17.4. The van der Waals surface area contributed by atoms with Gasteiger partial charge in [-0.3, -0.25) is 9.59 Å². The average Bonchev–Trinajstić information content (AvgIpc) is 0.766. The number of aryl methyl sites for hydroxylation is 5. The Morgan fingerprint density at radius 1 is 0.362 bits per heavy atom. The van der Waals surface area contributed by atoms with Crippen molar-refractivity contribution >= 4 is 237 Å². The molecule has 0 aliphatic carbocycles. The third-order valence-corrected chi connectivity index (χ3v) is 25.4. The number of Topliss-reactive ketones (excluding diaryl/α,β-unsaturated/α-hetero) is 2. The Hall–Kier alpha value is -10.2. The lowest BCUT2D eigenvalue weighted by molar-refractivity contribution is -0.154. The van der Waals surface area contributed by atoms with Crippen LogP contribution in [0.4, 0.5) is 39.5 Å². The monoisotopic (exact) mass is 2480 g/mol. The predicted molar refractivity (Wildman–Crippen MR) is 535 cm³/mol. The third kappa shape index (κ3) is 33.5. The van der Waals surface area contributed by atoms with Gasteiger partial charge in [0.2, 0.25) is 0 Å². The highest BCUT2D eigenvalue weighted by molar-refractivity contribution is 9.11. The Balaban J connectivity index is 0.000000257. The van der Waals surface area contributed by atoms with Gasteiger partial charge in [0.05, 0.1) is 38.6 Å². The molecule has 0 saturated heterocycles. The van der Waals surface area contributed by atoms with Gasteiger partial charge in [0.15, 0.2) is 35.6 Å². The first-order valence-electron chi connectivity index (χ1n) is 41.2. The summed E-state index contributed by atoms with van der Waals surface area (Å²) in [5.74, 6) is -7.97. The van der Waals surface area contributed by atoms with Crippen molar-refractivity contribution in [2.75, 3.05) is 33.0 Å². The number of carbonyl (C=O) groups is 7. The molecular weight excluding hydrogens is 2400 g/mol. The number of halogens is 16. The van der Waals surface area contributed by atoms with Gasteiger partial charge >= 0.3 is 76.7 Å². The van der Waals surface area contributed by atoms with Gasteiger partial charge in [0.25, 0.3) is 5.78 Å². The summed E-state index contributed by atoms with van der Waals surface area (Å²) in [6.45, 7) is 19.5. The molecule has 0 amide bonds. The number of rotatable bonds is 24. The van der Waals surface area contributed by atoms with Crippen LogP contribution in [0.1, 0.15) is 133 Å². The molecule has 3 atom stereocenters. The second-order valence-corrected chi connectivity index (χ2v) is 40.9. The highest BCUT2D eigenvalue weighted by Crippen LogP contribution is 2.46. The van der Waals surface area contributed by atoms with E-state index in [-0.39, 0.29) is 82.3 Å². The lowest BCUT2D eigenvalue weighted by Crippen LogP contribution is -2.29. The molecule has 2 unspecified atom stereocenters. The predicted octanol–water partition coefficient (Wildman–Crippen LogP) is 24.3. The smallest absolute Gasteiger partial charge is 0.507 e. The number of phenols is 2. The number of esters is 5. The van der Waals surface area contributed by atoms with Crippen molar-refractivity contribution in [2.45, 2.75) is 131 Å². The zero-order chi connectivity index (χ0) is 106. The zero-order valence-corrected chi connectivity index (χ0v) is 89.6. The molecule has 26 nitrogen and oxygen atoms in total. The zero-order valence-electron chi connectivity index (χ0n) is 76.1. The van der Waals surface area contributed by atoms with Gasteiger partial charge < -0.3 is 61.8 Å². The van der Waals surface area contributed by atoms with Crippen molar-refractivity contribution in [3.8, 4) is 28.7 Å². The Labute approximate surface area is 862 Å². The molecule has 12 aromatic rings. The molecule has 0 radical (unpaired) electrons. The molecule has 0 heterocycles.